The number of carbonyl (C=O) groups is 3. The van der Waals surface area contributed by atoms with E-state index in [1.165, 1.54) is 35.0 Å². The molecule has 0 rings (SSSR count). The fraction of sp³-hybridized carbons (Fsp3) is 0.769. The van der Waals surface area contributed by atoms with E-state index in [1.54, 1.807) is 0 Å². The number of esters is 3. The first-order valence-corrected chi connectivity index (χ1v) is 6.31. The Morgan fingerprint density at radius 2 is 1.24 bits per heavy atom. The molecule has 8 heteroatoms. The first-order valence-electron chi connectivity index (χ1n) is 6.31. The number of hydrogen-bond donors (Lipinski definition) is 0. The maximum absolute atomic E-state index is 11.2. The van der Waals surface area contributed by atoms with Crippen LogP contribution in [-0.2, 0) is 38.1 Å². The molecule has 0 aromatic heterocycles. The zero-order chi connectivity index (χ0) is 16.4. The second kappa shape index (κ2) is 10.1. The van der Waals surface area contributed by atoms with Crippen molar-refractivity contribution in [2.24, 2.45) is 0 Å². The molecule has 8 nitrogen and oxygen atoms in total. The molecule has 0 aliphatic rings. The minimum atomic E-state index is -0.878. The number of methoxy groups -OCH3 is 2. The van der Waals surface area contributed by atoms with Gasteiger partial charge in [0, 0.05) is 35.0 Å². The Kier molecular flexibility index (Phi) is 9.31. The Labute approximate surface area is 123 Å². The first-order chi connectivity index (χ1) is 9.81. The Bertz CT molecular complexity index is 354. The zero-order valence-corrected chi connectivity index (χ0v) is 12.9. The lowest BCUT2D eigenvalue weighted by molar-refractivity contribution is -0.179. The van der Waals surface area contributed by atoms with Crippen LogP contribution >= 0.6 is 0 Å². The van der Waals surface area contributed by atoms with Crippen molar-refractivity contribution in [3.8, 4) is 0 Å². The van der Waals surface area contributed by atoms with Gasteiger partial charge in [-0.1, -0.05) is 0 Å². The summed E-state index contributed by atoms with van der Waals surface area (Å²) in [4.78, 5) is 32.9. The van der Waals surface area contributed by atoms with Crippen LogP contribution in [0.5, 0.6) is 0 Å². The van der Waals surface area contributed by atoms with Crippen molar-refractivity contribution in [2.45, 2.75) is 39.1 Å². The van der Waals surface area contributed by atoms with Crippen LogP contribution in [0.15, 0.2) is 0 Å². The molecule has 0 aliphatic heterocycles. The van der Waals surface area contributed by atoms with Gasteiger partial charge in [0.15, 0.2) is 6.10 Å². The maximum Gasteiger partial charge on any atom is 0.303 e. The summed E-state index contributed by atoms with van der Waals surface area (Å²) in [5.74, 6) is -1.55. The van der Waals surface area contributed by atoms with E-state index >= 15 is 0 Å². The predicted octanol–water partition coefficient (Wildman–Crippen LogP) is 0.0743. The van der Waals surface area contributed by atoms with E-state index in [-0.39, 0.29) is 13.2 Å². The highest BCUT2D eigenvalue weighted by Crippen LogP contribution is 2.13. The summed E-state index contributed by atoms with van der Waals surface area (Å²) in [5.41, 5.74) is 0. The molecule has 0 bridgehead atoms. The third-order valence-electron chi connectivity index (χ3n) is 2.53. The third-order valence-corrected chi connectivity index (χ3v) is 2.53. The zero-order valence-electron chi connectivity index (χ0n) is 12.9. The lowest BCUT2D eigenvalue weighted by Gasteiger charge is -2.30. The van der Waals surface area contributed by atoms with Crippen molar-refractivity contribution in [1.82, 2.24) is 0 Å². The molecule has 0 radical (unpaired) electrons. The molecule has 0 amide bonds. The fourth-order valence-electron chi connectivity index (χ4n) is 1.65. The highest BCUT2D eigenvalue weighted by molar-refractivity contribution is 5.67. The molecule has 21 heavy (non-hydrogen) atoms. The van der Waals surface area contributed by atoms with Crippen LogP contribution < -0.4 is 0 Å². The van der Waals surface area contributed by atoms with Crippen molar-refractivity contribution in [2.75, 3.05) is 27.4 Å². The summed E-state index contributed by atoms with van der Waals surface area (Å²) in [6.45, 7) is 3.45. The Hall–Kier alpha value is -1.67. The minimum absolute atomic E-state index is 0.0812. The van der Waals surface area contributed by atoms with E-state index in [4.69, 9.17) is 23.7 Å². The monoisotopic (exact) mass is 306 g/mol. The van der Waals surface area contributed by atoms with Crippen LogP contribution in [0.3, 0.4) is 0 Å². The smallest absolute Gasteiger partial charge is 0.303 e. The van der Waals surface area contributed by atoms with Crippen molar-refractivity contribution in [1.29, 1.82) is 0 Å². The molecule has 0 aromatic carbocycles. The number of ether oxygens (including phenoxy) is 5. The minimum Gasteiger partial charge on any atom is -0.463 e. The molecule has 0 saturated heterocycles. The molecular weight excluding hydrogens is 284 g/mol. The highest BCUT2D eigenvalue weighted by atomic mass is 16.6. The van der Waals surface area contributed by atoms with Crippen LogP contribution in [-0.4, -0.2) is 63.7 Å². The quantitative estimate of drug-likeness (QED) is 0.436. The van der Waals surface area contributed by atoms with Crippen LogP contribution in [0.4, 0.5) is 0 Å². The molecule has 0 N–H and O–H groups in total. The molecule has 3 atom stereocenters. The summed E-state index contributed by atoms with van der Waals surface area (Å²) >= 11 is 0. The topological polar surface area (TPSA) is 97.4 Å². The molecular formula is C13H22O8. The van der Waals surface area contributed by atoms with E-state index in [9.17, 15) is 14.4 Å². The predicted molar refractivity (Wildman–Crippen MR) is 70.4 cm³/mol. The molecule has 0 aliphatic carbocycles. The molecule has 0 saturated carbocycles. The number of rotatable bonds is 9. The average molecular weight is 306 g/mol. The largest absolute Gasteiger partial charge is 0.463 e. The van der Waals surface area contributed by atoms with Crippen molar-refractivity contribution >= 4 is 17.9 Å². The van der Waals surface area contributed by atoms with Gasteiger partial charge in [0.25, 0.3) is 0 Å². The Morgan fingerprint density at radius 1 is 0.762 bits per heavy atom. The third kappa shape index (κ3) is 8.26. The van der Waals surface area contributed by atoms with Crippen LogP contribution in [0.2, 0.25) is 0 Å². The van der Waals surface area contributed by atoms with Gasteiger partial charge in [-0.25, -0.2) is 0 Å². The van der Waals surface area contributed by atoms with E-state index in [0.29, 0.717) is 0 Å². The summed E-state index contributed by atoms with van der Waals surface area (Å²) in [7, 11) is 2.78. The lowest BCUT2D eigenvalue weighted by Crippen LogP contribution is -2.47. The molecule has 122 valence electrons. The van der Waals surface area contributed by atoms with Crippen molar-refractivity contribution < 1.29 is 38.1 Å². The summed E-state index contributed by atoms with van der Waals surface area (Å²) < 4.78 is 25.2. The Morgan fingerprint density at radius 3 is 1.57 bits per heavy atom. The second-order valence-electron chi connectivity index (χ2n) is 4.23. The maximum atomic E-state index is 11.2. The van der Waals surface area contributed by atoms with E-state index in [0.717, 1.165) is 0 Å². The van der Waals surface area contributed by atoms with E-state index in [1.807, 2.05) is 0 Å². The number of hydrogen-bond acceptors (Lipinski definition) is 8. The molecule has 0 fully saturated rings. The molecule has 0 aromatic rings. The lowest BCUT2D eigenvalue weighted by atomic mass is 10.1. The van der Waals surface area contributed by atoms with Gasteiger partial charge in [-0.05, 0) is 0 Å². The van der Waals surface area contributed by atoms with E-state index < -0.39 is 36.2 Å². The van der Waals surface area contributed by atoms with Gasteiger partial charge in [-0.15, -0.1) is 0 Å². The van der Waals surface area contributed by atoms with E-state index in [2.05, 4.69) is 0 Å². The van der Waals surface area contributed by atoms with Crippen molar-refractivity contribution in [3.63, 3.8) is 0 Å². The highest BCUT2D eigenvalue weighted by Gasteiger charge is 2.34. The summed E-state index contributed by atoms with van der Waals surface area (Å²) in [6.07, 6.45) is -2.33. The average Bonchev–Trinajstić information content (AvgIpc) is 2.39. The Balaban J connectivity index is 4.91. The van der Waals surface area contributed by atoms with Crippen LogP contribution in [0.1, 0.15) is 20.8 Å². The van der Waals surface area contributed by atoms with Gasteiger partial charge >= 0.3 is 17.9 Å². The summed E-state index contributed by atoms with van der Waals surface area (Å²) in [6, 6.07) is 0. The second-order valence-corrected chi connectivity index (χ2v) is 4.23. The van der Waals surface area contributed by atoms with Crippen molar-refractivity contribution in [3.05, 3.63) is 0 Å². The molecule has 0 unspecified atom stereocenters. The molecule has 0 spiro atoms. The molecule has 0 heterocycles. The summed E-state index contributed by atoms with van der Waals surface area (Å²) in [5, 5.41) is 0. The van der Waals surface area contributed by atoms with Gasteiger partial charge in [-0.2, -0.15) is 0 Å². The van der Waals surface area contributed by atoms with Gasteiger partial charge in [0.1, 0.15) is 25.4 Å². The van der Waals surface area contributed by atoms with Gasteiger partial charge in [0.05, 0.1) is 0 Å². The van der Waals surface area contributed by atoms with Gasteiger partial charge < -0.3 is 23.7 Å². The first kappa shape index (κ1) is 19.3. The SMILES string of the molecule is CO[C@H]([C@H](COC(C)=O)OC)[C@H](COC(C)=O)OC(C)=O. The van der Waals surface area contributed by atoms with Gasteiger partial charge in [0.2, 0.25) is 0 Å². The fourth-order valence-corrected chi connectivity index (χ4v) is 1.65. The normalized spacial score (nSPS) is 14.7. The van der Waals surface area contributed by atoms with Crippen LogP contribution in [0.25, 0.3) is 0 Å². The van der Waals surface area contributed by atoms with Gasteiger partial charge in [-0.3, -0.25) is 14.4 Å². The van der Waals surface area contributed by atoms with Crippen LogP contribution in [0, 0.1) is 0 Å². The standard InChI is InChI=1S/C13H22O8/c1-8(14)19-6-11(17-4)13(18-5)12(21-10(3)16)7-20-9(2)15/h11-13H,6-7H2,1-5H3/t11-,12-,13+/m0/s1. The number of carbonyl (C=O) groups excluding carboxylic acids is 3.